The van der Waals surface area contributed by atoms with Gasteiger partial charge in [0.2, 0.25) is 5.91 Å². The van der Waals surface area contributed by atoms with Gasteiger partial charge >= 0.3 is 0 Å². The molecule has 3 atom stereocenters. The summed E-state index contributed by atoms with van der Waals surface area (Å²) in [7, 11) is 1.80. The number of likely N-dealkylation sites (N-methyl/N-ethyl adjacent to an activating group) is 1. The van der Waals surface area contributed by atoms with Gasteiger partial charge in [0.15, 0.2) is 0 Å². The molecule has 0 spiro atoms. The third kappa shape index (κ3) is 3.12. The van der Waals surface area contributed by atoms with Crippen LogP contribution in [0.3, 0.4) is 0 Å². The summed E-state index contributed by atoms with van der Waals surface area (Å²) in [6.07, 6.45) is 3.71. The standard InChI is InChI=1S/C11H22N2O2S/c1-8(7-14)16-9-4-3-5-11(6-9,13-2)10(12)15/h8-9,13-14H,3-7H2,1-2H3,(H2,12,15). The molecule has 4 N–H and O–H groups in total. The molecule has 1 saturated carbocycles. The van der Waals surface area contributed by atoms with Crippen molar-refractivity contribution in [2.45, 2.75) is 48.6 Å². The molecule has 1 rings (SSSR count). The van der Waals surface area contributed by atoms with Crippen molar-refractivity contribution in [3.8, 4) is 0 Å². The predicted octanol–water partition coefficient (Wildman–Crippen LogP) is 0.486. The highest BCUT2D eigenvalue weighted by atomic mass is 32.2. The Morgan fingerprint density at radius 2 is 2.44 bits per heavy atom. The number of aliphatic hydroxyl groups is 1. The summed E-state index contributed by atoms with van der Waals surface area (Å²) in [5.74, 6) is -0.253. The van der Waals surface area contributed by atoms with Crippen LogP contribution in [0, 0.1) is 0 Å². The summed E-state index contributed by atoms with van der Waals surface area (Å²) in [6.45, 7) is 2.19. The van der Waals surface area contributed by atoms with Crippen molar-refractivity contribution >= 4 is 17.7 Å². The van der Waals surface area contributed by atoms with E-state index in [4.69, 9.17) is 10.8 Å². The topological polar surface area (TPSA) is 75.3 Å². The average Bonchev–Trinajstić information content (AvgIpc) is 2.28. The van der Waals surface area contributed by atoms with Gasteiger partial charge in [0.05, 0.1) is 12.1 Å². The van der Waals surface area contributed by atoms with Gasteiger partial charge in [-0.2, -0.15) is 11.8 Å². The van der Waals surface area contributed by atoms with Gasteiger partial charge in [-0.25, -0.2) is 0 Å². The minimum Gasteiger partial charge on any atom is -0.395 e. The van der Waals surface area contributed by atoms with Crippen LogP contribution in [-0.2, 0) is 4.79 Å². The maximum atomic E-state index is 11.5. The van der Waals surface area contributed by atoms with Crippen LogP contribution >= 0.6 is 11.8 Å². The van der Waals surface area contributed by atoms with Crippen molar-refractivity contribution in [3.05, 3.63) is 0 Å². The van der Waals surface area contributed by atoms with Crippen molar-refractivity contribution < 1.29 is 9.90 Å². The molecule has 0 heterocycles. The van der Waals surface area contributed by atoms with E-state index in [0.717, 1.165) is 25.7 Å². The van der Waals surface area contributed by atoms with E-state index >= 15 is 0 Å². The van der Waals surface area contributed by atoms with Gasteiger partial charge in [-0.3, -0.25) is 4.79 Å². The minimum absolute atomic E-state index is 0.185. The lowest BCUT2D eigenvalue weighted by Crippen LogP contribution is -2.57. The highest BCUT2D eigenvalue weighted by Crippen LogP contribution is 2.36. The number of hydrogen-bond donors (Lipinski definition) is 3. The number of aliphatic hydroxyl groups excluding tert-OH is 1. The van der Waals surface area contributed by atoms with E-state index in [1.165, 1.54) is 0 Å². The van der Waals surface area contributed by atoms with Crippen LogP contribution in [0.5, 0.6) is 0 Å². The van der Waals surface area contributed by atoms with Gasteiger partial charge in [-0.05, 0) is 32.7 Å². The highest BCUT2D eigenvalue weighted by molar-refractivity contribution is 8.00. The molecule has 1 fully saturated rings. The minimum atomic E-state index is -0.537. The predicted molar refractivity (Wildman–Crippen MR) is 67.4 cm³/mol. The van der Waals surface area contributed by atoms with Crippen molar-refractivity contribution in [3.63, 3.8) is 0 Å². The zero-order valence-corrected chi connectivity index (χ0v) is 10.8. The number of carbonyl (C=O) groups excluding carboxylic acids is 1. The number of primary amides is 1. The molecular weight excluding hydrogens is 224 g/mol. The number of thioether (sulfide) groups is 1. The van der Waals surface area contributed by atoms with Gasteiger partial charge < -0.3 is 16.2 Å². The molecule has 1 amide bonds. The number of rotatable bonds is 5. The molecule has 4 nitrogen and oxygen atoms in total. The maximum Gasteiger partial charge on any atom is 0.237 e. The van der Waals surface area contributed by atoms with Crippen LogP contribution in [0.25, 0.3) is 0 Å². The second kappa shape index (κ2) is 5.89. The summed E-state index contributed by atoms with van der Waals surface area (Å²) in [4.78, 5) is 11.5. The Morgan fingerprint density at radius 3 is 2.94 bits per heavy atom. The molecule has 94 valence electrons. The Bertz CT molecular complexity index is 250. The fraction of sp³-hybridized carbons (Fsp3) is 0.909. The Balaban J connectivity index is 2.61. The van der Waals surface area contributed by atoms with Crippen molar-refractivity contribution in [1.29, 1.82) is 0 Å². The first-order valence-electron chi connectivity index (χ1n) is 5.79. The van der Waals surface area contributed by atoms with Gasteiger partial charge in [-0.15, -0.1) is 0 Å². The molecule has 0 aromatic carbocycles. The lowest BCUT2D eigenvalue weighted by molar-refractivity contribution is -0.125. The molecule has 0 saturated heterocycles. The van der Waals surface area contributed by atoms with Crippen LogP contribution in [0.1, 0.15) is 32.6 Å². The van der Waals surface area contributed by atoms with E-state index in [1.54, 1.807) is 18.8 Å². The number of amides is 1. The Labute approximate surface area is 101 Å². The monoisotopic (exact) mass is 246 g/mol. The van der Waals surface area contributed by atoms with Crippen molar-refractivity contribution in [2.24, 2.45) is 5.73 Å². The maximum absolute atomic E-state index is 11.5. The first-order valence-corrected chi connectivity index (χ1v) is 6.73. The Hall–Kier alpha value is -0.260. The second-order valence-corrected chi connectivity index (χ2v) is 6.29. The normalized spacial score (nSPS) is 32.3. The smallest absolute Gasteiger partial charge is 0.237 e. The Morgan fingerprint density at radius 1 is 1.75 bits per heavy atom. The quantitative estimate of drug-likeness (QED) is 0.660. The highest BCUT2D eigenvalue weighted by Gasteiger charge is 2.40. The zero-order chi connectivity index (χ0) is 12.2. The van der Waals surface area contributed by atoms with Gasteiger partial charge in [0, 0.05) is 10.5 Å². The van der Waals surface area contributed by atoms with Crippen LogP contribution in [0.4, 0.5) is 0 Å². The number of carbonyl (C=O) groups is 1. The summed E-state index contributed by atoms with van der Waals surface area (Å²) in [6, 6.07) is 0. The first kappa shape index (κ1) is 13.8. The first-order chi connectivity index (χ1) is 7.54. The fourth-order valence-corrected chi connectivity index (χ4v) is 3.71. The molecule has 16 heavy (non-hydrogen) atoms. The van der Waals surface area contributed by atoms with E-state index in [1.807, 2.05) is 6.92 Å². The lowest BCUT2D eigenvalue weighted by Gasteiger charge is -2.38. The van der Waals surface area contributed by atoms with Crippen LogP contribution in [0.15, 0.2) is 0 Å². The molecule has 0 bridgehead atoms. The molecule has 1 aliphatic carbocycles. The van der Waals surface area contributed by atoms with Gasteiger partial charge in [0.1, 0.15) is 0 Å². The number of hydrogen-bond acceptors (Lipinski definition) is 4. The largest absolute Gasteiger partial charge is 0.395 e. The molecule has 0 aliphatic heterocycles. The molecule has 5 heteroatoms. The van der Waals surface area contributed by atoms with Crippen LogP contribution in [-0.4, -0.2) is 40.7 Å². The summed E-state index contributed by atoms with van der Waals surface area (Å²) >= 11 is 1.76. The molecular formula is C11H22N2O2S. The van der Waals surface area contributed by atoms with Crippen LogP contribution in [0.2, 0.25) is 0 Å². The summed E-state index contributed by atoms with van der Waals surface area (Å²) in [5, 5.41) is 12.8. The van der Waals surface area contributed by atoms with E-state index in [9.17, 15) is 4.79 Å². The van der Waals surface area contributed by atoms with Crippen molar-refractivity contribution in [2.75, 3.05) is 13.7 Å². The van der Waals surface area contributed by atoms with E-state index < -0.39 is 5.54 Å². The van der Waals surface area contributed by atoms with E-state index in [0.29, 0.717) is 5.25 Å². The summed E-state index contributed by atoms with van der Waals surface area (Å²) in [5.41, 5.74) is 4.94. The fourth-order valence-electron chi connectivity index (χ4n) is 2.29. The molecule has 0 aromatic heterocycles. The molecule has 0 radical (unpaired) electrons. The Kier molecular flexibility index (Phi) is 5.08. The number of nitrogens with one attached hydrogen (secondary N) is 1. The van der Waals surface area contributed by atoms with Gasteiger partial charge in [0.25, 0.3) is 0 Å². The average molecular weight is 246 g/mol. The second-order valence-electron chi connectivity index (χ2n) is 4.54. The molecule has 0 aromatic rings. The molecule has 1 aliphatic rings. The van der Waals surface area contributed by atoms with Crippen molar-refractivity contribution in [1.82, 2.24) is 5.32 Å². The third-order valence-corrected chi connectivity index (χ3v) is 4.74. The van der Waals surface area contributed by atoms with E-state index in [2.05, 4.69) is 5.32 Å². The lowest BCUT2D eigenvalue weighted by atomic mass is 9.81. The van der Waals surface area contributed by atoms with Crippen LogP contribution < -0.4 is 11.1 Å². The third-order valence-electron chi connectivity index (χ3n) is 3.34. The van der Waals surface area contributed by atoms with E-state index in [-0.39, 0.29) is 17.8 Å². The summed E-state index contributed by atoms with van der Waals surface area (Å²) < 4.78 is 0. The zero-order valence-electron chi connectivity index (χ0n) is 10.0. The number of nitrogens with two attached hydrogens (primary N) is 1. The van der Waals surface area contributed by atoms with Gasteiger partial charge in [-0.1, -0.05) is 6.92 Å². The molecule has 3 unspecified atom stereocenters. The SMILES string of the molecule is CNC1(C(N)=O)CCCC(SC(C)CO)C1.